The lowest BCUT2D eigenvalue weighted by Crippen LogP contribution is -2.31. The second kappa shape index (κ2) is 8.68. The molecule has 0 bridgehead atoms. The van der Waals surface area contributed by atoms with Crippen molar-refractivity contribution in [2.24, 2.45) is 0 Å². The summed E-state index contributed by atoms with van der Waals surface area (Å²) in [6.07, 6.45) is 2.78. The van der Waals surface area contributed by atoms with Crippen molar-refractivity contribution < 1.29 is 9.47 Å². The first-order valence-corrected chi connectivity index (χ1v) is 9.83. The fraction of sp³-hybridized carbons (Fsp3) is 0.273. The van der Waals surface area contributed by atoms with E-state index >= 15 is 0 Å². The Kier molecular flexibility index (Phi) is 5.83. The molecular formula is C22H23ClN4O2. The molecule has 3 aromatic rings. The predicted molar refractivity (Wildman–Crippen MR) is 114 cm³/mol. The maximum absolute atomic E-state index is 6.31. The summed E-state index contributed by atoms with van der Waals surface area (Å²) in [4.78, 5) is 11.6. The van der Waals surface area contributed by atoms with E-state index in [0.29, 0.717) is 17.4 Å². The fourth-order valence-electron chi connectivity index (χ4n) is 3.45. The molecule has 2 aromatic carbocycles. The zero-order valence-corrected chi connectivity index (χ0v) is 17.2. The summed E-state index contributed by atoms with van der Waals surface area (Å²) in [5.74, 6) is 1.98. The van der Waals surface area contributed by atoms with Crippen molar-refractivity contribution in [3.05, 3.63) is 70.5 Å². The van der Waals surface area contributed by atoms with Gasteiger partial charge in [0.2, 0.25) is 5.95 Å². The van der Waals surface area contributed by atoms with Gasteiger partial charge < -0.3 is 14.8 Å². The van der Waals surface area contributed by atoms with Gasteiger partial charge in [-0.1, -0.05) is 29.8 Å². The molecular weight excluding hydrogens is 388 g/mol. The minimum atomic E-state index is 0.568. The summed E-state index contributed by atoms with van der Waals surface area (Å²) in [7, 11) is 3.25. The minimum absolute atomic E-state index is 0.568. The number of hydrogen-bond donors (Lipinski definition) is 1. The Balaban J connectivity index is 1.47. The Morgan fingerprint density at radius 1 is 1.10 bits per heavy atom. The van der Waals surface area contributed by atoms with Crippen molar-refractivity contribution >= 4 is 23.2 Å². The van der Waals surface area contributed by atoms with Gasteiger partial charge in [0.25, 0.3) is 0 Å². The van der Waals surface area contributed by atoms with E-state index in [1.165, 1.54) is 0 Å². The molecule has 150 valence electrons. The maximum Gasteiger partial charge on any atom is 0.227 e. The van der Waals surface area contributed by atoms with Gasteiger partial charge in [0.15, 0.2) is 0 Å². The third kappa shape index (κ3) is 4.60. The van der Waals surface area contributed by atoms with Crippen LogP contribution in [0.1, 0.15) is 16.8 Å². The van der Waals surface area contributed by atoms with Crippen LogP contribution in [0.25, 0.3) is 0 Å². The van der Waals surface area contributed by atoms with Crippen molar-refractivity contribution in [1.82, 2.24) is 14.9 Å². The molecule has 0 spiro atoms. The molecule has 4 rings (SSSR count). The first-order chi connectivity index (χ1) is 14.1. The van der Waals surface area contributed by atoms with Crippen LogP contribution >= 0.6 is 11.6 Å². The van der Waals surface area contributed by atoms with Crippen LogP contribution in [0, 0.1) is 0 Å². The molecule has 2 heterocycles. The lowest BCUT2D eigenvalue weighted by Gasteiger charge is -2.28. The number of hydrogen-bond acceptors (Lipinski definition) is 6. The highest BCUT2D eigenvalue weighted by Crippen LogP contribution is 2.28. The molecule has 1 aromatic heterocycles. The van der Waals surface area contributed by atoms with E-state index in [0.717, 1.165) is 53.6 Å². The highest BCUT2D eigenvalue weighted by atomic mass is 35.5. The molecule has 0 saturated carbocycles. The van der Waals surface area contributed by atoms with Gasteiger partial charge in [0.1, 0.15) is 11.5 Å². The SMILES string of the molecule is COc1cc(Nc2ncc3c(n2)CCN(Cc2ccccc2Cl)C3)cc(OC)c1. The van der Waals surface area contributed by atoms with Crippen LogP contribution in [-0.2, 0) is 19.5 Å². The van der Waals surface area contributed by atoms with Crippen LogP contribution < -0.4 is 14.8 Å². The van der Waals surface area contributed by atoms with Crippen molar-refractivity contribution in [2.45, 2.75) is 19.5 Å². The molecule has 0 unspecified atom stereocenters. The molecule has 1 aliphatic rings. The van der Waals surface area contributed by atoms with Crippen LogP contribution in [0.3, 0.4) is 0 Å². The Morgan fingerprint density at radius 3 is 2.59 bits per heavy atom. The molecule has 29 heavy (non-hydrogen) atoms. The van der Waals surface area contributed by atoms with Gasteiger partial charge in [0.05, 0.1) is 19.9 Å². The van der Waals surface area contributed by atoms with E-state index in [-0.39, 0.29) is 0 Å². The number of methoxy groups -OCH3 is 2. The minimum Gasteiger partial charge on any atom is -0.497 e. The van der Waals surface area contributed by atoms with Gasteiger partial charge >= 0.3 is 0 Å². The first-order valence-electron chi connectivity index (χ1n) is 9.45. The Labute approximate surface area is 175 Å². The standard InChI is InChI=1S/C22H23ClN4O2/c1-28-18-9-17(10-19(11-18)29-2)25-22-24-12-16-14-27(8-7-21(16)26-22)13-15-5-3-4-6-20(15)23/h3-6,9-12H,7-8,13-14H2,1-2H3,(H,24,25,26). The van der Waals surface area contributed by atoms with Crippen LogP contribution in [-0.4, -0.2) is 35.6 Å². The van der Waals surface area contributed by atoms with E-state index in [2.05, 4.69) is 21.3 Å². The fourth-order valence-corrected chi connectivity index (χ4v) is 3.64. The van der Waals surface area contributed by atoms with E-state index < -0.39 is 0 Å². The lowest BCUT2D eigenvalue weighted by molar-refractivity contribution is 0.243. The van der Waals surface area contributed by atoms with Gasteiger partial charge in [-0.3, -0.25) is 4.90 Å². The van der Waals surface area contributed by atoms with Gasteiger partial charge in [0, 0.05) is 66.7 Å². The van der Waals surface area contributed by atoms with Gasteiger partial charge in [-0.05, 0) is 11.6 Å². The zero-order chi connectivity index (χ0) is 20.2. The van der Waals surface area contributed by atoms with E-state index in [9.17, 15) is 0 Å². The predicted octanol–water partition coefficient (Wildman–Crippen LogP) is 4.45. The molecule has 0 atom stereocenters. The van der Waals surface area contributed by atoms with Crippen molar-refractivity contribution in [3.8, 4) is 11.5 Å². The zero-order valence-electron chi connectivity index (χ0n) is 16.5. The van der Waals surface area contributed by atoms with Crippen LogP contribution in [0.2, 0.25) is 5.02 Å². The quantitative estimate of drug-likeness (QED) is 0.647. The number of benzene rings is 2. The molecule has 0 amide bonds. The summed E-state index contributed by atoms with van der Waals surface area (Å²) < 4.78 is 10.6. The number of fused-ring (bicyclic) bond motifs is 1. The second-order valence-electron chi connectivity index (χ2n) is 6.94. The number of aromatic nitrogens is 2. The average molecular weight is 411 g/mol. The van der Waals surface area contributed by atoms with Crippen molar-refractivity contribution in [1.29, 1.82) is 0 Å². The first kappa shape index (κ1) is 19.5. The van der Waals surface area contributed by atoms with Crippen molar-refractivity contribution in [3.63, 3.8) is 0 Å². The maximum atomic E-state index is 6.31. The summed E-state index contributed by atoms with van der Waals surface area (Å²) in [6, 6.07) is 13.6. The Hall–Kier alpha value is -2.83. The van der Waals surface area contributed by atoms with Gasteiger partial charge in [-0.2, -0.15) is 0 Å². The van der Waals surface area contributed by atoms with Crippen LogP contribution in [0.4, 0.5) is 11.6 Å². The third-order valence-corrected chi connectivity index (χ3v) is 5.34. The number of nitrogens with zero attached hydrogens (tertiary/aromatic N) is 3. The number of anilines is 2. The largest absolute Gasteiger partial charge is 0.497 e. The Morgan fingerprint density at radius 2 is 1.86 bits per heavy atom. The van der Waals surface area contributed by atoms with E-state index in [4.69, 9.17) is 26.1 Å². The lowest BCUT2D eigenvalue weighted by atomic mass is 10.1. The molecule has 7 heteroatoms. The average Bonchev–Trinajstić information content (AvgIpc) is 2.75. The topological polar surface area (TPSA) is 59.5 Å². The molecule has 6 nitrogen and oxygen atoms in total. The second-order valence-corrected chi connectivity index (χ2v) is 7.35. The molecule has 1 aliphatic heterocycles. The molecule has 0 fully saturated rings. The molecule has 0 radical (unpaired) electrons. The van der Waals surface area contributed by atoms with E-state index in [1.54, 1.807) is 14.2 Å². The summed E-state index contributed by atoms with van der Waals surface area (Å²) in [5.41, 5.74) is 4.19. The number of halogens is 1. The number of nitrogens with one attached hydrogen (secondary N) is 1. The normalized spacial score (nSPS) is 13.6. The molecule has 1 N–H and O–H groups in total. The van der Waals surface area contributed by atoms with Crippen LogP contribution in [0.15, 0.2) is 48.7 Å². The third-order valence-electron chi connectivity index (χ3n) is 4.97. The smallest absolute Gasteiger partial charge is 0.227 e. The Bertz CT molecular complexity index is 990. The van der Waals surface area contributed by atoms with Crippen LogP contribution in [0.5, 0.6) is 11.5 Å². The number of ether oxygens (including phenoxy) is 2. The summed E-state index contributed by atoms with van der Waals surface area (Å²) in [5, 5.41) is 4.06. The summed E-state index contributed by atoms with van der Waals surface area (Å²) in [6.45, 7) is 2.57. The summed E-state index contributed by atoms with van der Waals surface area (Å²) >= 11 is 6.31. The highest BCUT2D eigenvalue weighted by Gasteiger charge is 2.19. The highest BCUT2D eigenvalue weighted by molar-refractivity contribution is 6.31. The monoisotopic (exact) mass is 410 g/mol. The molecule has 0 saturated heterocycles. The number of rotatable bonds is 6. The molecule has 0 aliphatic carbocycles. The van der Waals surface area contributed by atoms with Crippen molar-refractivity contribution in [2.75, 3.05) is 26.1 Å². The van der Waals surface area contributed by atoms with Gasteiger partial charge in [-0.15, -0.1) is 0 Å². The van der Waals surface area contributed by atoms with E-state index in [1.807, 2.05) is 42.6 Å². The van der Waals surface area contributed by atoms with Gasteiger partial charge in [-0.25, -0.2) is 9.97 Å².